The normalized spacial score (nSPS) is 28.8. The Morgan fingerprint density at radius 3 is 2.53 bits per heavy atom. The lowest BCUT2D eigenvalue weighted by Crippen LogP contribution is -2.59. The van der Waals surface area contributed by atoms with Gasteiger partial charge in [-0.15, -0.1) is 0 Å². The maximum Gasteiger partial charge on any atom is 0.152 e. The van der Waals surface area contributed by atoms with Crippen LogP contribution in [0.3, 0.4) is 0 Å². The SMILES string of the molecule is CC(C)CCN(C)C1(CN)CCCS(=O)(=O)C1. The minimum absolute atomic E-state index is 0.227. The summed E-state index contributed by atoms with van der Waals surface area (Å²) in [4.78, 5) is 2.17. The third kappa shape index (κ3) is 3.93. The first-order chi connectivity index (χ1) is 7.81. The standard InChI is InChI=1S/C12H26N2O2S/c1-11(2)5-7-14(3)12(9-13)6-4-8-17(15,16)10-12/h11H,4-10,13H2,1-3H3. The molecule has 0 aromatic heterocycles. The topological polar surface area (TPSA) is 63.4 Å². The zero-order valence-electron chi connectivity index (χ0n) is 11.3. The number of nitrogens with zero attached hydrogens (tertiary/aromatic N) is 1. The molecule has 1 atom stereocenters. The van der Waals surface area contributed by atoms with E-state index < -0.39 is 9.84 Å². The molecule has 1 rings (SSSR count). The summed E-state index contributed by atoms with van der Waals surface area (Å²) in [5.41, 5.74) is 5.53. The monoisotopic (exact) mass is 262 g/mol. The van der Waals surface area contributed by atoms with Gasteiger partial charge in [0.1, 0.15) is 0 Å². The lowest BCUT2D eigenvalue weighted by atomic mass is 9.93. The van der Waals surface area contributed by atoms with E-state index in [0.29, 0.717) is 18.2 Å². The molecule has 1 heterocycles. The summed E-state index contributed by atoms with van der Waals surface area (Å²) >= 11 is 0. The molecule has 0 saturated carbocycles. The Morgan fingerprint density at radius 2 is 2.06 bits per heavy atom. The zero-order chi connectivity index (χ0) is 13.1. The van der Waals surface area contributed by atoms with Gasteiger partial charge in [0.25, 0.3) is 0 Å². The second-order valence-corrected chi connectivity index (χ2v) is 7.91. The van der Waals surface area contributed by atoms with Crippen LogP contribution in [0.4, 0.5) is 0 Å². The van der Waals surface area contributed by atoms with E-state index in [1.807, 2.05) is 7.05 Å². The molecule has 0 aliphatic carbocycles. The minimum Gasteiger partial charge on any atom is -0.329 e. The fourth-order valence-corrected chi connectivity index (χ4v) is 4.51. The molecule has 0 aromatic carbocycles. The predicted octanol–water partition coefficient (Wildman–Crippen LogP) is 0.870. The van der Waals surface area contributed by atoms with Crippen molar-refractivity contribution in [3.8, 4) is 0 Å². The fourth-order valence-electron chi connectivity index (χ4n) is 2.48. The summed E-state index contributed by atoms with van der Waals surface area (Å²) in [6.45, 7) is 5.71. The summed E-state index contributed by atoms with van der Waals surface area (Å²) in [6.07, 6.45) is 2.72. The summed E-state index contributed by atoms with van der Waals surface area (Å²) < 4.78 is 23.6. The van der Waals surface area contributed by atoms with Gasteiger partial charge in [-0.05, 0) is 38.8 Å². The van der Waals surface area contributed by atoms with Crippen LogP contribution in [-0.2, 0) is 9.84 Å². The van der Waals surface area contributed by atoms with E-state index in [4.69, 9.17) is 5.73 Å². The molecular formula is C12H26N2O2S. The second kappa shape index (κ2) is 5.67. The molecule has 0 bridgehead atoms. The van der Waals surface area contributed by atoms with Gasteiger partial charge in [0.05, 0.1) is 11.5 Å². The third-order valence-corrected chi connectivity index (χ3v) is 5.71. The van der Waals surface area contributed by atoms with E-state index in [-0.39, 0.29) is 11.3 Å². The van der Waals surface area contributed by atoms with Crippen LogP contribution in [0.5, 0.6) is 0 Å². The van der Waals surface area contributed by atoms with Crippen molar-refractivity contribution in [1.82, 2.24) is 4.90 Å². The Kier molecular flexibility index (Phi) is 4.98. The molecule has 1 aliphatic heterocycles. The van der Waals surface area contributed by atoms with Gasteiger partial charge < -0.3 is 5.73 Å². The van der Waals surface area contributed by atoms with Crippen LogP contribution in [0.15, 0.2) is 0 Å². The van der Waals surface area contributed by atoms with Gasteiger partial charge in [0.2, 0.25) is 0 Å². The van der Waals surface area contributed by atoms with E-state index in [1.165, 1.54) is 0 Å². The van der Waals surface area contributed by atoms with Crippen LogP contribution in [0.25, 0.3) is 0 Å². The van der Waals surface area contributed by atoms with Crippen LogP contribution in [-0.4, -0.2) is 50.5 Å². The minimum atomic E-state index is -2.91. The van der Waals surface area contributed by atoms with Crippen molar-refractivity contribution in [2.45, 2.75) is 38.6 Å². The lowest BCUT2D eigenvalue weighted by molar-refractivity contribution is 0.125. The third-order valence-electron chi connectivity index (χ3n) is 3.82. The number of rotatable bonds is 5. The molecular weight excluding hydrogens is 236 g/mol. The van der Waals surface area contributed by atoms with Gasteiger partial charge in [0, 0.05) is 12.1 Å². The smallest absolute Gasteiger partial charge is 0.152 e. The molecule has 5 heteroatoms. The van der Waals surface area contributed by atoms with Gasteiger partial charge in [-0.2, -0.15) is 0 Å². The van der Waals surface area contributed by atoms with Crippen molar-refractivity contribution >= 4 is 9.84 Å². The zero-order valence-corrected chi connectivity index (χ0v) is 12.1. The van der Waals surface area contributed by atoms with Crippen LogP contribution >= 0.6 is 0 Å². The summed E-state index contributed by atoms with van der Waals surface area (Å²) in [7, 11) is -0.898. The maximum absolute atomic E-state index is 11.8. The quantitative estimate of drug-likeness (QED) is 0.798. The summed E-state index contributed by atoms with van der Waals surface area (Å²) in [5.74, 6) is 1.19. The van der Waals surface area contributed by atoms with Gasteiger partial charge in [-0.3, -0.25) is 4.90 Å². The van der Waals surface area contributed by atoms with Crippen LogP contribution in [0, 0.1) is 5.92 Å². The van der Waals surface area contributed by atoms with E-state index in [0.717, 1.165) is 25.8 Å². The Balaban J connectivity index is 2.73. The van der Waals surface area contributed by atoms with Gasteiger partial charge in [-0.25, -0.2) is 8.42 Å². The van der Waals surface area contributed by atoms with E-state index in [9.17, 15) is 8.42 Å². The molecule has 0 radical (unpaired) electrons. The molecule has 1 saturated heterocycles. The number of nitrogens with two attached hydrogens (primary N) is 1. The van der Waals surface area contributed by atoms with Crippen LogP contribution in [0.2, 0.25) is 0 Å². The number of sulfone groups is 1. The molecule has 2 N–H and O–H groups in total. The van der Waals surface area contributed by atoms with E-state index in [1.54, 1.807) is 0 Å². The average Bonchev–Trinajstić information content (AvgIpc) is 2.24. The van der Waals surface area contributed by atoms with E-state index >= 15 is 0 Å². The number of hydrogen-bond donors (Lipinski definition) is 1. The Bertz CT molecular complexity index is 340. The van der Waals surface area contributed by atoms with Crippen molar-refractivity contribution in [3.05, 3.63) is 0 Å². The highest BCUT2D eigenvalue weighted by Crippen LogP contribution is 2.27. The molecule has 17 heavy (non-hydrogen) atoms. The molecule has 1 aliphatic rings. The molecule has 4 nitrogen and oxygen atoms in total. The van der Waals surface area contributed by atoms with Gasteiger partial charge in [-0.1, -0.05) is 13.8 Å². The molecule has 0 spiro atoms. The first-order valence-electron chi connectivity index (χ1n) is 6.43. The first kappa shape index (κ1) is 14.9. The number of hydrogen-bond acceptors (Lipinski definition) is 4. The van der Waals surface area contributed by atoms with Crippen molar-refractivity contribution < 1.29 is 8.42 Å². The Hall–Kier alpha value is -0.130. The van der Waals surface area contributed by atoms with Crippen LogP contribution in [0.1, 0.15) is 33.1 Å². The largest absolute Gasteiger partial charge is 0.329 e. The number of likely N-dealkylation sites (N-methyl/N-ethyl adjacent to an activating group) is 1. The Morgan fingerprint density at radius 1 is 1.41 bits per heavy atom. The van der Waals surface area contributed by atoms with Gasteiger partial charge in [0.15, 0.2) is 9.84 Å². The molecule has 102 valence electrons. The Labute approximate surface area is 105 Å². The molecule has 1 fully saturated rings. The molecule has 0 aromatic rings. The predicted molar refractivity (Wildman–Crippen MR) is 71.8 cm³/mol. The first-order valence-corrected chi connectivity index (χ1v) is 8.25. The van der Waals surface area contributed by atoms with Crippen molar-refractivity contribution in [2.24, 2.45) is 11.7 Å². The second-order valence-electron chi connectivity index (χ2n) is 5.73. The van der Waals surface area contributed by atoms with Crippen molar-refractivity contribution in [2.75, 3.05) is 31.6 Å². The van der Waals surface area contributed by atoms with Crippen LogP contribution < -0.4 is 5.73 Å². The average molecular weight is 262 g/mol. The van der Waals surface area contributed by atoms with Crippen molar-refractivity contribution in [1.29, 1.82) is 0 Å². The maximum atomic E-state index is 11.8. The lowest BCUT2D eigenvalue weighted by Gasteiger charge is -2.43. The van der Waals surface area contributed by atoms with E-state index in [2.05, 4.69) is 18.7 Å². The van der Waals surface area contributed by atoms with Gasteiger partial charge >= 0.3 is 0 Å². The highest BCUT2D eigenvalue weighted by atomic mass is 32.2. The van der Waals surface area contributed by atoms with Crippen molar-refractivity contribution in [3.63, 3.8) is 0 Å². The fraction of sp³-hybridized carbons (Fsp3) is 1.00. The summed E-state index contributed by atoms with van der Waals surface area (Å²) in [5, 5.41) is 0. The highest BCUT2D eigenvalue weighted by molar-refractivity contribution is 7.91. The highest BCUT2D eigenvalue weighted by Gasteiger charge is 2.40. The molecule has 0 amide bonds. The summed E-state index contributed by atoms with van der Waals surface area (Å²) in [6, 6.07) is 0. The molecule has 1 unspecified atom stereocenters.